The second kappa shape index (κ2) is 4.85. The Morgan fingerprint density at radius 3 is 2.79 bits per heavy atom. The van der Waals surface area contributed by atoms with E-state index in [1.165, 1.54) is 11.3 Å². The Kier molecular flexibility index (Phi) is 3.68. The molecule has 0 amide bonds. The van der Waals surface area contributed by atoms with E-state index in [1.807, 2.05) is 16.0 Å². The standard InChI is InChI=1S/C13H20N2O2SSi/c1-13(2,3)19(4,5)17-8-10(16)11-12-15(9-14-11)6-7-18-12/h6-7,9H,8H2,1-5H3. The zero-order chi connectivity index (χ0) is 14.3. The lowest BCUT2D eigenvalue weighted by Gasteiger charge is -2.35. The predicted molar refractivity (Wildman–Crippen MR) is 80.5 cm³/mol. The topological polar surface area (TPSA) is 43.6 Å². The highest BCUT2D eigenvalue weighted by atomic mass is 32.1. The van der Waals surface area contributed by atoms with Crippen LogP contribution in [0.5, 0.6) is 0 Å². The maximum atomic E-state index is 12.2. The van der Waals surface area contributed by atoms with E-state index >= 15 is 0 Å². The molecule has 0 aromatic carbocycles. The molecule has 2 aromatic rings. The Morgan fingerprint density at radius 1 is 1.47 bits per heavy atom. The van der Waals surface area contributed by atoms with E-state index in [-0.39, 0.29) is 17.4 Å². The average molecular weight is 296 g/mol. The van der Waals surface area contributed by atoms with Crippen LogP contribution < -0.4 is 0 Å². The maximum absolute atomic E-state index is 12.2. The molecule has 0 unspecified atom stereocenters. The molecule has 104 valence electrons. The number of carbonyl (C=O) groups excluding carboxylic acids is 1. The summed E-state index contributed by atoms with van der Waals surface area (Å²) in [5, 5.41) is 2.06. The first-order chi connectivity index (χ1) is 8.72. The second-order valence-corrected chi connectivity index (χ2v) is 11.9. The van der Waals surface area contributed by atoms with E-state index in [2.05, 4.69) is 38.8 Å². The van der Waals surface area contributed by atoms with Gasteiger partial charge < -0.3 is 4.43 Å². The smallest absolute Gasteiger partial charge is 0.208 e. The van der Waals surface area contributed by atoms with E-state index < -0.39 is 8.32 Å². The summed E-state index contributed by atoms with van der Waals surface area (Å²) in [6, 6.07) is 0. The second-order valence-electron chi connectivity index (χ2n) is 6.18. The number of fused-ring (bicyclic) bond motifs is 1. The van der Waals surface area contributed by atoms with E-state index in [0.717, 1.165) is 4.83 Å². The molecule has 0 bridgehead atoms. The van der Waals surface area contributed by atoms with Gasteiger partial charge in [0.05, 0.1) is 6.61 Å². The highest BCUT2D eigenvalue weighted by Crippen LogP contribution is 2.36. The molecular formula is C13H20N2O2SSi. The lowest BCUT2D eigenvalue weighted by Crippen LogP contribution is -2.42. The normalized spacial score (nSPS) is 13.1. The molecule has 4 nitrogen and oxygen atoms in total. The Hall–Kier alpha value is -0.983. The van der Waals surface area contributed by atoms with Gasteiger partial charge in [0, 0.05) is 11.6 Å². The fraction of sp³-hybridized carbons (Fsp3) is 0.538. The number of carbonyl (C=O) groups is 1. The number of Topliss-reactive ketones (excluding diaryl/α,β-unsaturated/α-hetero) is 1. The first-order valence-corrected chi connectivity index (χ1v) is 10.1. The number of hydrogen-bond donors (Lipinski definition) is 0. The molecule has 0 saturated carbocycles. The third kappa shape index (κ3) is 2.80. The van der Waals surface area contributed by atoms with Crippen LogP contribution in [-0.4, -0.2) is 30.1 Å². The minimum Gasteiger partial charge on any atom is -0.409 e. The molecule has 0 saturated heterocycles. The van der Waals surface area contributed by atoms with Crippen LogP contribution in [0.15, 0.2) is 17.9 Å². The van der Waals surface area contributed by atoms with E-state index in [9.17, 15) is 4.79 Å². The van der Waals surface area contributed by atoms with Gasteiger partial charge in [-0.2, -0.15) is 0 Å². The Bertz CT molecular complexity index is 595. The molecule has 0 aliphatic rings. The van der Waals surface area contributed by atoms with Gasteiger partial charge in [-0.3, -0.25) is 9.20 Å². The van der Waals surface area contributed by atoms with Crippen molar-refractivity contribution in [3.8, 4) is 0 Å². The molecule has 0 N–H and O–H groups in total. The van der Waals surface area contributed by atoms with Gasteiger partial charge in [0.25, 0.3) is 0 Å². The van der Waals surface area contributed by atoms with Crippen molar-refractivity contribution in [3.05, 3.63) is 23.6 Å². The molecule has 2 heterocycles. The maximum Gasteiger partial charge on any atom is 0.208 e. The van der Waals surface area contributed by atoms with Crippen LogP contribution in [0, 0.1) is 0 Å². The van der Waals surface area contributed by atoms with Crippen molar-refractivity contribution in [2.24, 2.45) is 0 Å². The summed E-state index contributed by atoms with van der Waals surface area (Å²) in [4.78, 5) is 17.3. The van der Waals surface area contributed by atoms with Gasteiger partial charge >= 0.3 is 0 Å². The molecule has 0 atom stereocenters. The molecule has 2 rings (SSSR count). The van der Waals surface area contributed by atoms with Gasteiger partial charge in [0.15, 0.2) is 8.32 Å². The van der Waals surface area contributed by atoms with Crippen LogP contribution in [-0.2, 0) is 4.43 Å². The highest BCUT2D eigenvalue weighted by Gasteiger charge is 2.37. The number of imidazole rings is 1. The van der Waals surface area contributed by atoms with Crippen molar-refractivity contribution in [2.45, 2.75) is 38.9 Å². The molecule has 0 aliphatic heterocycles. The Morgan fingerprint density at radius 2 is 2.16 bits per heavy atom. The van der Waals surface area contributed by atoms with Crippen LogP contribution in [0.3, 0.4) is 0 Å². The summed E-state index contributed by atoms with van der Waals surface area (Å²) in [6.07, 6.45) is 3.57. The van der Waals surface area contributed by atoms with Crippen LogP contribution >= 0.6 is 11.3 Å². The van der Waals surface area contributed by atoms with Crippen molar-refractivity contribution >= 4 is 30.3 Å². The SMILES string of the molecule is CC(C)(C)[Si](C)(C)OCC(=O)c1ncn2ccsc12. The average Bonchev–Trinajstić information content (AvgIpc) is 2.85. The monoisotopic (exact) mass is 296 g/mol. The molecule has 0 spiro atoms. The van der Waals surface area contributed by atoms with E-state index in [0.29, 0.717) is 5.69 Å². The first kappa shape index (κ1) is 14.4. The van der Waals surface area contributed by atoms with E-state index in [4.69, 9.17) is 4.43 Å². The fourth-order valence-electron chi connectivity index (χ4n) is 1.46. The number of aromatic nitrogens is 2. The minimum absolute atomic E-state index is 0.0326. The Labute approximate surface area is 118 Å². The van der Waals surface area contributed by atoms with Gasteiger partial charge in [-0.1, -0.05) is 20.8 Å². The zero-order valence-corrected chi connectivity index (χ0v) is 13.9. The first-order valence-electron chi connectivity index (χ1n) is 6.30. The largest absolute Gasteiger partial charge is 0.409 e. The zero-order valence-electron chi connectivity index (χ0n) is 12.1. The molecule has 2 aromatic heterocycles. The van der Waals surface area contributed by atoms with Crippen LogP contribution in [0.25, 0.3) is 4.83 Å². The van der Waals surface area contributed by atoms with Gasteiger partial charge in [-0.25, -0.2) is 4.98 Å². The van der Waals surface area contributed by atoms with Gasteiger partial charge in [0.1, 0.15) is 16.9 Å². The highest BCUT2D eigenvalue weighted by molar-refractivity contribution is 7.15. The van der Waals surface area contributed by atoms with Crippen molar-refractivity contribution in [3.63, 3.8) is 0 Å². The number of ketones is 1. The van der Waals surface area contributed by atoms with Gasteiger partial charge in [-0.05, 0) is 18.1 Å². The summed E-state index contributed by atoms with van der Waals surface area (Å²) >= 11 is 1.52. The van der Waals surface area contributed by atoms with Gasteiger partial charge in [-0.15, -0.1) is 11.3 Å². The summed E-state index contributed by atoms with van der Waals surface area (Å²) in [6.45, 7) is 10.9. The van der Waals surface area contributed by atoms with E-state index in [1.54, 1.807) is 6.33 Å². The molecule has 0 aliphatic carbocycles. The third-order valence-electron chi connectivity index (χ3n) is 3.78. The number of rotatable bonds is 4. The van der Waals surface area contributed by atoms with Crippen LogP contribution in [0.4, 0.5) is 0 Å². The number of hydrogen-bond acceptors (Lipinski definition) is 4. The molecule has 19 heavy (non-hydrogen) atoms. The summed E-state index contributed by atoms with van der Waals surface area (Å²) in [5.74, 6) is -0.0326. The van der Waals surface area contributed by atoms with Gasteiger partial charge in [0.2, 0.25) is 5.78 Å². The number of nitrogens with zero attached hydrogens (tertiary/aromatic N) is 2. The fourth-order valence-corrected chi connectivity index (χ4v) is 3.21. The van der Waals surface area contributed by atoms with Crippen molar-refractivity contribution < 1.29 is 9.22 Å². The third-order valence-corrected chi connectivity index (χ3v) is 9.15. The Balaban J connectivity index is 2.09. The quantitative estimate of drug-likeness (QED) is 0.639. The predicted octanol–water partition coefficient (Wildman–Crippen LogP) is 3.60. The summed E-state index contributed by atoms with van der Waals surface area (Å²) in [5.41, 5.74) is 0.522. The van der Waals surface area contributed by atoms with Crippen LogP contribution in [0.1, 0.15) is 31.3 Å². The number of thiazole rings is 1. The lowest BCUT2D eigenvalue weighted by molar-refractivity contribution is 0.0908. The minimum atomic E-state index is -1.88. The molecular weight excluding hydrogens is 276 g/mol. The van der Waals surface area contributed by atoms with Crippen LogP contribution in [0.2, 0.25) is 18.1 Å². The molecule has 0 radical (unpaired) electrons. The van der Waals surface area contributed by atoms with Crippen molar-refractivity contribution in [1.82, 2.24) is 9.38 Å². The summed E-state index contributed by atoms with van der Waals surface area (Å²) in [7, 11) is -1.88. The van der Waals surface area contributed by atoms with Crippen molar-refractivity contribution in [2.75, 3.05) is 6.61 Å². The summed E-state index contributed by atoms with van der Waals surface area (Å²) < 4.78 is 7.82. The lowest BCUT2D eigenvalue weighted by atomic mass is 10.2. The molecule has 0 fully saturated rings. The molecule has 6 heteroatoms. The van der Waals surface area contributed by atoms with Crippen molar-refractivity contribution in [1.29, 1.82) is 0 Å².